The van der Waals surface area contributed by atoms with Crippen LogP contribution in [0.1, 0.15) is 28.7 Å². The number of anilines is 1. The summed E-state index contributed by atoms with van der Waals surface area (Å²) in [5, 5.41) is 1.28. The van der Waals surface area contributed by atoms with Crippen molar-refractivity contribution < 1.29 is 4.79 Å². The molecule has 5 heteroatoms. The van der Waals surface area contributed by atoms with E-state index in [-0.39, 0.29) is 11.8 Å². The average molecular weight is 276 g/mol. The summed E-state index contributed by atoms with van der Waals surface area (Å²) in [6.07, 6.45) is 0. The minimum Gasteiger partial charge on any atom is -0.364 e. The van der Waals surface area contributed by atoms with Gasteiger partial charge < -0.3 is 4.90 Å². The van der Waals surface area contributed by atoms with Gasteiger partial charge in [-0.25, -0.2) is 9.97 Å². The highest BCUT2D eigenvalue weighted by Crippen LogP contribution is 2.39. The number of ketones is 1. The number of carbonyl (C=O) groups excluding carboxylic acids is 1. The van der Waals surface area contributed by atoms with Crippen molar-refractivity contribution in [3.05, 3.63) is 28.2 Å². The van der Waals surface area contributed by atoms with Gasteiger partial charge in [0.25, 0.3) is 0 Å². The lowest BCUT2D eigenvalue weighted by Crippen LogP contribution is -2.28. The van der Waals surface area contributed by atoms with Crippen LogP contribution in [0.3, 0.4) is 0 Å². The van der Waals surface area contributed by atoms with Crippen molar-refractivity contribution in [1.29, 1.82) is 0 Å². The van der Waals surface area contributed by atoms with Crippen LogP contribution in [0, 0.1) is 13.8 Å². The van der Waals surface area contributed by atoms with Crippen molar-refractivity contribution in [2.45, 2.75) is 26.8 Å². The van der Waals surface area contributed by atoms with Gasteiger partial charge in [-0.05, 0) is 32.4 Å². The molecular formula is C14H14ClN3O. The Labute approximate surface area is 116 Å². The molecule has 0 fully saturated rings. The number of aryl methyl sites for hydroxylation is 2. The van der Waals surface area contributed by atoms with Crippen LogP contribution in [0.2, 0.25) is 5.15 Å². The predicted octanol–water partition coefficient (Wildman–Crippen LogP) is 2.92. The number of rotatable bonds is 0. The molecule has 0 N–H and O–H groups in total. The number of hydrogen-bond acceptors (Lipinski definition) is 4. The van der Waals surface area contributed by atoms with Crippen LogP contribution in [-0.4, -0.2) is 28.8 Å². The SMILES string of the molecule is Cc1nc(Cl)c2c(C)c3c(cc2n1)C(=O)C(C)N3C. The molecule has 0 saturated carbocycles. The van der Waals surface area contributed by atoms with Crippen molar-refractivity contribution in [1.82, 2.24) is 9.97 Å². The number of fused-ring (bicyclic) bond motifs is 2. The Kier molecular flexibility index (Phi) is 2.54. The maximum absolute atomic E-state index is 12.3. The Morgan fingerprint density at radius 1 is 1.32 bits per heavy atom. The Bertz CT molecular complexity index is 726. The molecule has 19 heavy (non-hydrogen) atoms. The summed E-state index contributed by atoms with van der Waals surface area (Å²) in [5.74, 6) is 0.749. The number of halogens is 1. The molecule has 0 spiro atoms. The minimum absolute atomic E-state index is 0.134. The standard InChI is InChI=1S/C14H14ClN3O/c1-6-11-10(16-8(3)17-14(11)15)5-9-12(6)18(4)7(2)13(9)19/h5,7H,1-4H3. The summed E-state index contributed by atoms with van der Waals surface area (Å²) in [5.41, 5.74) is 3.39. The molecule has 1 aliphatic rings. The van der Waals surface area contributed by atoms with E-state index in [0.717, 1.165) is 27.7 Å². The molecule has 0 aliphatic carbocycles. The summed E-state index contributed by atoms with van der Waals surface area (Å²) in [6, 6.07) is 1.69. The molecule has 4 nitrogen and oxygen atoms in total. The second kappa shape index (κ2) is 3.90. The van der Waals surface area contributed by atoms with Gasteiger partial charge in [0.2, 0.25) is 0 Å². The van der Waals surface area contributed by atoms with E-state index in [1.807, 2.05) is 31.9 Å². The summed E-state index contributed by atoms with van der Waals surface area (Å²) in [6.45, 7) is 5.67. The third-order valence-corrected chi connectivity index (χ3v) is 4.12. The van der Waals surface area contributed by atoms with Crippen LogP contribution in [0.4, 0.5) is 5.69 Å². The molecule has 1 aromatic carbocycles. The van der Waals surface area contributed by atoms with Gasteiger partial charge in [0.1, 0.15) is 11.0 Å². The molecule has 0 radical (unpaired) electrons. The van der Waals surface area contributed by atoms with E-state index < -0.39 is 0 Å². The summed E-state index contributed by atoms with van der Waals surface area (Å²) >= 11 is 6.24. The monoisotopic (exact) mass is 275 g/mol. The minimum atomic E-state index is -0.140. The van der Waals surface area contributed by atoms with E-state index in [4.69, 9.17) is 11.6 Å². The van der Waals surface area contributed by atoms with E-state index in [1.54, 1.807) is 6.92 Å². The number of likely N-dealkylation sites (N-methyl/N-ethyl adjacent to an activating group) is 1. The number of carbonyl (C=O) groups is 1. The zero-order valence-electron chi connectivity index (χ0n) is 11.3. The lowest BCUT2D eigenvalue weighted by atomic mass is 10.0. The summed E-state index contributed by atoms with van der Waals surface area (Å²) in [4.78, 5) is 22.8. The van der Waals surface area contributed by atoms with Crippen LogP contribution in [0.25, 0.3) is 10.9 Å². The fourth-order valence-electron chi connectivity index (χ4n) is 2.77. The predicted molar refractivity (Wildman–Crippen MR) is 76.2 cm³/mol. The number of aromatic nitrogens is 2. The molecule has 1 atom stereocenters. The average Bonchev–Trinajstić information content (AvgIpc) is 2.54. The number of nitrogens with zero attached hydrogens (tertiary/aromatic N) is 3. The van der Waals surface area contributed by atoms with Gasteiger partial charge >= 0.3 is 0 Å². The summed E-state index contributed by atoms with van der Waals surface area (Å²) in [7, 11) is 1.93. The van der Waals surface area contributed by atoms with Gasteiger partial charge in [0.05, 0.1) is 17.2 Å². The molecule has 2 heterocycles. The molecular weight excluding hydrogens is 262 g/mol. The Morgan fingerprint density at radius 3 is 2.68 bits per heavy atom. The third-order valence-electron chi connectivity index (χ3n) is 3.85. The first-order valence-electron chi connectivity index (χ1n) is 6.16. The van der Waals surface area contributed by atoms with Crippen LogP contribution in [-0.2, 0) is 0 Å². The van der Waals surface area contributed by atoms with Gasteiger partial charge in [0, 0.05) is 18.0 Å². The van der Waals surface area contributed by atoms with Crippen LogP contribution in [0.5, 0.6) is 0 Å². The third kappa shape index (κ3) is 1.56. The van der Waals surface area contributed by atoms with Crippen molar-refractivity contribution in [3.8, 4) is 0 Å². The first kappa shape index (κ1) is 12.4. The van der Waals surface area contributed by atoms with Gasteiger partial charge in [-0.1, -0.05) is 11.6 Å². The van der Waals surface area contributed by atoms with Crippen molar-refractivity contribution >= 4 is 34.0 Å². The van der Waals surface area contributed by atoms with E-state index in [1.165, 1.54) is 0 Å². The van der Waals surface area contributed by atoms with Crippen LogP contribution >= 0.6 is 11.6 Å². The van der Waals surface area contributed by atoms with Gasteiger partial charge in [-0.3, -0.25) is 4.79 Å². The fourth-order valence-corrected chi connectivity index (χ4v) is 3.13. The Balaban J connectivity index is 2.46. The van der Waals surface area contributed by atoms with E-state index in [2.05, 4.69) is 9.97 Å². The van der Waals surface area contributed by atoms with Gasteiger partial charge in [-0.15, -0.1) is 0 Å². The number of hydrogen-bond donors (Lipinski definition) is 0. The Hall–Kier alpha value is -1.68. The van der Waals surface area contributed by atoms with E-state index >= 15 is 0 Å². The van der Waals surface area contributed by atoms with Crippen molar-refractivity contribution in [3.63, 3.8) is 0 Å². The zero-order chi connectivity index (χ0) is 13.9. The first-order valence-corrected chi connectivity index (χ1v) is 6.54. The van der Waals surface area contributed by atoms with Gasteiger partial charge in [-0.2, -0.15) is 0 Å². The second-order valence-corrected chi connectivity index (χ2v) is 5.36. The maximum atomic E-state index is 12.3. The normalized spacial score (nSPS) is 18.3. The number of benzene rings is 1. The highest BCUT2D eigenvalue weighted by molar-refractivity contribution is 6.35. The first-order chi connectivity index (χ1) is 8.91. The Morgan fingerprint density at radius 2 is 2.00 bits per heavy atom. The van der Waals surface area contributed by atoms with E-state index in [9.17, 15) is 4.79 Å². The molecule has 2 aromatic rings. The topological polar surface area (TPSA) is 46.1 Å². The maximum Gasteiger partial charge on any atom is 0.187 e. The van der Waals surface area contributed by atoms with E-state index in [0.29, 0.717) is 11.0 Å². The molecule has 1 unspecified atom stereocenters. The lowest BCUT2D eigenvalue weighted by molar-refractivity contribution is 0.0978. The summed E-state index contributed by atoms with van der Waals surface area (Å²) < 4.78 is 0. The molecule has 0 amide bonds. The molecule has 3 rings (SSSR count). The molecule has 1 aromatic heterocycles. The molecule has 98 valence electrons. The number of Topliss-reactive ketones (excluding diaryl/α,β-unsaturated/α-hetero) is 1. The highest BCUT2D eigenvalue weighted by atomic mass is 35.5. The molecule has 0 saturated heterocycles. The molecule has 1 aliphatic heterocycles. The zero-order valence-corrected chi connectivity index (χ0v) is 12.0. The van der Waals surface area contributed by atoms with Crippen LogP contribution in [0.15, 0.2) is 6.07 Å². The molecule has 0 bridgehead atoms. The van der Waals surface area contributed by atoms with Crippen molar-refractivity contribution in [2.75, 3.05) is 11.9 Å². The highest BCUT2D eigenvalue weighted by Gasteiger charge is 2.34. The largest absolute Gasteiger partial charge is 0.364 e. The van der Waals surface area contributed by atoms with Gasteiger partial charge in [0.15, 0.2) is 5.78 Å². The quantitative estimate of drug-likeness (QED) is 0.694. The second-order valence-electron chi connectivity index (χ2n) is 5.00. The fraction of sp³-hybridized carbons (Fsp3) is 0.357. The van der Waals surface area contributed by atoms with Crippen molar-refractivity contribution in [2.24, 2.45) is 0 Å². The van der Waals surface area contributed by atoms with Crippen LogP contribution < -0.4 is 4.90 Å². The smallest absolute Gasteiger partial charge is 0.187 e. The lowest BCUT2D eigenvalue weighted by Gasteiger charge is -2.19.